The molecule has 2 rings (SSSR count). The van der Waals surface area contributed by atoms with Crippen LogP contribution in [0.1, 0.15) is 12.0 Å². The number of hydrogen-bond acceptors (Lipinski definition) is 3. The Balaban J connectivity index is 1.98. The number of likely N-dealkylation sites (tertiary alicyclic amines) is 1. The molecule has 0 radical (unpaired) electrons. The minimum atomic E-state index is -1.61. The molecule has 1 atom stereocenters. The van der Waals surface area contributed by atoms with Gasteiger partial charge in [-0.1, -0.05) is 17.7 Å². The van der Waals surface area contributed by atoms with Crippen molar-refractivity contribution in [2.24, 2.45) is 5.73 Å². The van der Waals surface area contributed by atoms with Crippen LogP contribution >= 0.6 is 0 Å². The lowest BCUT2D eigenvalue weighted by molar-refractivity contribution is -0.134. The van der Waals surface area contributed by atoms with Gasteiger partial charge < -0.3 is 21.1 Å². The normalized spacial score (nSPS) is 22.3. The minimum absolute atomic E-state index is 0.0694. The van der Waals surface area contributed by atoms with Gasteiger partial charge in [-0.2, -0.15) is 0 Å². The van der Waals surface area contributed by atoms with Gasteiger partial charge in [-0.25, -0.2) is 4.79 Å². The molecule has 3 amide bonds. The lowest BCUT2D eigenvalue weighted by Crippen LogP contribution is -2.47. The molecule has 1 heterocycles. The molecule has 1 saturated heterocycles. The number of carbonyl (C=O) groups is 2. The number of anilines is 1. The Kier molecular flexibility index (Phi) is 3.44. The van der Waals surface area contributed by atoms with E-state index in [1.54, 1.807) is 12.1 Å². The number of benzene rings is 1. The quantitative estimate of drug-likeness (QED) is 0.722. The summed E-state index contributed by atoms with van der Waals surface area (Å²) < 4.78 is 0. The van der Waals surface area contributed by atoms with Gasteiger partial charge in [0.15, 0.2) is 5.60 Å². The van der Waals surface area contributed by atoms with Crippen molar-refractivity contribution in [2.45, 2.75) is 18.9 Å². The molecular formula is C13H17N3O3. The van der Waals surface area contributed by atoms with Crippen LogP contribution in [0.4, 0.5) is 10.5 Å². The minimum Gasteiger partial charge on any atom is -0.378 e. The topological polar surface area (TPSA) is 95.7 Å². The fraction of sp³-hybridized carbons (Fsp3) is 0.385. The van der Waals surface area contributed by atoms with Crippen LogP contribution in [0.25, 0.3) is 0 Å². The predicted molar refractivity (Wildman–Crippen MR) is 70.5 cm³/mol. The highest BCUT2D eigenvalue weighted by Gasteiger charge is 2.43. The van der Waals surface area contributed by atoms with E-state index in [0.717, 1.165) is 5.56 Å². The largest absolute Gasteiger partial charge is 0.378 e. The van der Waals surface area contributed by atoms with E-state index < -0.39 is 11.5 Å². The highest BCUT2D eigenvalue weighted by Crippen LogP contribution is 2.21. The van der Waals surface area contributed by atoms with E-state index in [9.17, 15) is 14.7 Å². The molecular weight excluding hydrogens is 246 g/mol. The van der Waals surface area contributed by atoms with Crippen molar-refractivity contribution in [3.63, 3.8) is 0 Å². The molecule has 1 aromatic carbocycles. The van der Waals surface area contributed by atoms with Crippen molar-refractivity contribution in [1.29, 1.82) is 0 Å². The summed E-state index contributed by atoms with van der Waals surface area (Å²) in [5, 5.41) is 12.6. The Hall–Kier alpha value is -2.08. The molecule has 0 spiro atoms. The zero-order chi connectivity index (χ0) is 14.0. The van der Waals surface area contributed by atoms with Crippen LogP contribution in [0.5, 0.6) is 0 Å². The lowest BCUT2D eigenvalue weighted by Gasteiger charge is -2.20. The molecule has 102 valence electrons. The predicted octanol–water partition coefficient (Wildman–Crippen LogP) is 0.449. The maximum Gasteiger partial charge on any atom is 0.321 e. The molecule has 1 aliphatic rings. The molecule has 1 aliphatic heterocycles. The Morgan fingerprint density at radius 1 is 1.37 bits per heavy atom. The van der Waals surface area contributed by atoms with Gasteiger partial charge in [0.05, 0.1) is 6.54 Å². The van der Waals surface area contributed by atoms with Crippen LogP contribution in [0, 0.1) is 6.92 Å². The van der Waals surface area contributed by atoms with Gasteiger partial charge in [-0.3, -0.25) is 4.79 Å². The number of urea groups is 1. The fourth-order valence-corrected chi connectivity index (χ4v) is 2.01. The van der Waals surface area contributed by atoms with Gasteiger partial charge in [0.25, 0.3) is 5.91 Å². The smallest absolute Gasteiger partial charge is 0.321 e. The van der Waals surface area contributed by atoms with E-state index in [-0.39, 0.29) is 19.0 Å². The number of β-amino-alcohol motifs (C(OH)–C–C–N with tert-alkyl or cyclic N) is 1. The molecule has 1 unspecified atom stereocenters. The third kappa shape index (κ3) is 2.85. The fourth-order valence-electron chi connectivity index (χ4n) is 2.01. The Morgan fingerprint density at radius 2 is 2.00 bits per heavy atom. The van der Waals surface area contributed by atoms with Crippen molar-refractivity contribution in [1.82, 2.24) is 4.90 Å². The number of nitrogens with zero attached hydrogens (tertiary/aromatic N) is 1. The summed E-state index contributed by atoms with van der Waals surface area (Å²) >= 11 is 0. The van der Waals surface area contributed by atoms with E-state index in [1.165, 1.54) is 4.90 Å². The molecule has 4 N–H and O–H groups in total. The van der Waals surface area contributed by atoms with Crippen LogP contribution in [0.3, 0.4) is 0 Å². The lowest BCUT2D eigenvalue weighted by atomic mass is 10.0. The molecule has 19 heavy (non-hydrogen) atoms. The molecule has 0 aliphatic carbocycles. The molecule has 1 fully saturated rings. The van der Waals surface area contributed by atoms with Crippen LogP contribution in [0.15, 0.2) is 24.3 Å². The summed E-state index contributed by atoms with van der Waals surface area (Å²) in [4.78, 5) is 24.4. The van der Waals surface area contributed by atoms with Gasteiger partial charge in [0.1, 0.15) is 0 Å². The van der Waals surface area contributed by atoms with E-state index in [2.05, 4.69) is 5.32 Å². The molecule has 0 aromatic heterocycles. The summed E-state index contributed by atoms with van der Waals surface area (Å²) in [5.74, 6) is -0.793. The van der Waals surface area contributed by atoms with Crippen LogP contribution < -0.4 is 11.1 Å². The average molecular weight is 263 g/mol. The Labute approximate surface area is 111 Å². The molecule has 6 heteroatoms. The number of aliphatic hydroxyl groups is 1. The SMILES string of the molecule is Cc1ccc(NC(=O)N2CCC(O)(C(N)=O)C2)cc1. The summed E-state index contributed by atoms with van der Waals surface area (Å²) in [6.45, 7) is 2.19. The number of nitrogens with one attached hydrogen (secondary N) is 1. The zero-order valence-corrected chi connectivity index (χ0v) is 10.7. The van der Waals surface area contributed by atoms with Crippen LogP contribution in [-0.4, -0.2) is 40.6 Å². The number of nitrogens with two attached hydrogens (primary N) is 1. The first kappa shape index (κ1) is 13.4. The van der Waals surface area contributed by atoms with Gasteiger partial charge in [-0.15, -0.1) is 0 Å². The number of amides is 3. The van der Waals surface area contributed by atoms with Crippen LogP contribution in [0.2, 0.25) is 0 Å². The maximum absolute atomic E-state index is 12.0. The van der Waals surface area contributed by atoms with Gasteiger partial charge >= 0.3 is 6.03 Å². The first-order valence-electron chi connectivity index (χ1n) is 6.06. The van der Waals surface area contributed by atoms with Crippen molar-refractivity contribution in [3.05, 3.63) is 29.8 Å². The highest BCUT2D eigenvalue weighted by atomic mass is 16.3. The monoisotopic (exact) mass is 263 g/mol. The van der Waals surface area contributed by atoms with E-state index in [1.807, 2.05) is 19.1 Å². The molecule has 0 saturated carbocycles. The van der Waals surface area contributed by atoms with Crippen molar-refractivity contribution in [2.75, 3.05) is 18.4 Å². The van der Waals surface area contributed by atoms with Crippen molar-refractivity contribution < 1.29 is 14.7 Å². The van der Waals surface area contributed by atoms with Gasteiger partial charge in [-0.05, 0) is 19.1 Å². The van der Waals surface area contributed by atoms with Crippen molar-refractivity contribution >= 4 is 17.6 Å². The molecule has 6 nitrogen and oxygen atoms in total. The highest BCUT2D eigenvalue weighted by molar-refractivity contribution is 5.91. The molecule has 1 aromatic rings. The summed E-state index contributed by atoms with van der Waals surface area (Å²) in [6.07, 6.45) is 0.170. The van der Waals surface area contributed by atoms with Gasteiger partial charge in [0, 0.05) is 18.7 Å². The first-order valence-corrected chi connectivity index (χ1v) is 6.06. The van der Waals surface area contributed by atoms with Crippen molar-refractivity contribution in [3.8, 4) is 0 Å². The van der Waals surface area contributed by atoms with E-state index >= 15 is 0 Å². The van der Waals surface area contributed by atoms with Crippen LogP contribution in [-0.2, 0) is 4.79 Å². The molecule has 0 bridgehead atoms. The number of rotatable bonds is 2. The summed E-state index contributed by atoms with van der Waals surface area (Å²) in [6, 6.07) is 7.02. The Bertz CT molecular complexity index is 500. The van der Waals surface area contributed by atoms with E-state index in [0.29, 0.717) is 12.2 Å². The summed E-state index contributed by atoms with van der Waals surface area (Å²) in [5.41, 5.74) is 5.28. The average Bonchev–Trinajstić information content (AvgIpc) is 2.76. The Morgan fingerprint density at radius 3 is 2.53 bits per heavy atom. The third-order valence-electron chi connectivity index (χ3n) is 3.30. The number of carbonyl (C=O) groups excluding carboxylic acids is 2. The number of aryl methyl sites for hydroxylation is 1. The third-order valence-corrected chi connectivity index (χ3v) is 3.30. The van der Waals surface area contributed by atoms with Gasteiger partial charge in [0.2, 0.25) is 0 Å². The second kappa shape index (κ2) is 4.89. The summed E-state index contributed by atoms with van der Waals surface area (Å²) in [7, 11) is 0. The zero-order valence-electron chi connectivity index (χ0n) is 10.7. The number of hydrogen-bond donors (Lipinski definition) is 3. The maximum atomic E-state index is 12.0. The first-order chi connectivity index (χ1) is 8.90. The number of primary amides is 1. The standard InChI is InChI=1S/C13H17N3O3/c1-9-2-4-10(5-3-9)15-12(18)16-7-6-13(19,8-16)11(14)17/h2-5,19H,6-8H2,1H3,(H2,14,17)(H,15,18). The second-order valence-corrected chi connectivity index (χ2v) is 4.86. The second-order valence-electron chi connectivity index (χ2n) is 4.86. The van der Waals surface area contributed by atoms with E-state index in [4.69, 9.17) is 5.73 Å².